The number of para-hydroxylation sites is 1. The highest BCUT2D eigenvalue weighted by Crippen LogP contribution is 2.31. The fourth-order valence-electron chi connectivity index (χ4n) is 1.34. The van der Waals surface area contributed by atoms with Gasteiger partial charge in [0, 0.05) is 5.56 Å². The Kier molecular flexibility index (Phi) is 4.12. The molecule has 17 heavy (non-hydrogen) atoms. The molecule has 0 aliphatic heterocycles. The molecule has 5 nitrogen and oxygen atoms in total. The van der Waals surface area contributed by atoms with Crippen LogP contribution in [0.5, 0.6) is 11.5 Å². The van der Waals surface area contributed by atoms with Crippen LogP contribution in [0.4, 0.5) is 0 Å². The summed E-state index contributed by atoms with van der Waals surface area (Å²) in [4.78, 5) is 10.9. The van der Waals surface area contributed by atoms with Crippen molar-refractivity contribution >= 4 is 12.0 Å². The molecule has 1 amide bonds. The number of hydrogen-bond acceptors (Lipinski definition) is 4. The number of nitriles is 1. The fourth-order valence-corrected chi connectivity index (χ4v) is 1.34. The van der Waals surface area contributed by atoms with E-state index in [1.54, 1.807) is 24.3 Å². The molecule has 0 bridgehead atoms. The lowest BCUT2D eigenvalue weighted by Gasteiger charge is -2.09. The van der Waals surface area contributed by atoms with E-state index in [2.05, 4.69) is 0 Å². The first-order valence-electron chi connectivity index (χ1n) is 4.76. The summed E-state index contributed by atoms with van der Waals surface area (Å²) in [5.41, 5.74) is 5.47. The minimum Gasteiger partial charge on any atom is -0.493 e. The second kappa shape index (κ2) is 5.56. The van der Waals surface area contributed by atoms with E-state index in [1.807, 2.05) is 0 Å². The maximum atomic E-state index is 10.9. The van der Waals surface area contributed by atoms with Crippen molar-refractivity contribution in [2.24, 2.45) is 5.73 Å². The van der Waals surface area contributed by atoms with Crippen LogP contribution in [0.15, 0.2) is 23.8 Å². The largest absolute Gasteiger partial charge is 0.493 e. The monoisotopic (exact) mass is 232 g/mol. The molecule has 0 heterocycles. The van der Waals surface area contributed by atoms with Gasteiger partial charge in [0.05, 0.1) is 14.2 Å². The molecule has 1 aromatic rings. The van der Waals surface area contributed by atoms with Crippen molar-refractivity contribution in [2.45, 2.75) is 0 Å². The SMILES string of the molecule is COc1cccc(/C=C(\C#N)C(N)=O)c1OC. The number of amides is 1. The number of nitrogens with two attached hydrogens (primary N) is 1. The molecule has 0 saturated heterocycles. The lowest BCUT2D eigenvalue weighted by molar-refractivity contribution is -0.114. The van der Waals surface area contributed by atoms with E-state index in [9.17, 15) is 4.79 Å². The Balaban J connectivity index is 3.32. The van der Waals surface area contributed by atoms with Crippen LogP contribution in [0.1, 0.15) is 5.56 Å². The molecule has 1 aromatic carbocycles. The summed E-state index contributed by atoms with van der Waals surface area (Å²) in [7, 11) is 2.98. The van der Waals surface area contributed by atoms with E-state index in [4.69, 9.17) is 20.5 Å². The summed E-state index contributed by atoms with van der Waals surface area (Å²) in [5.74, 6) is 0.185. The van der Waals surface area contributed by atoms with Gasteiger partial charge in [0.15, 0.2) is 11.5 Å². The lowest BCUT2D eigenvalue weighted by Crippen LogP contribution is -2.12. The fraction of sp³-hybridized carbons (Fsp3) is 0.167. The van der Waals surface area contributed by atoms with Gasteiger partial charge in [0.1, 0.15) is 11.6 Å². The third kappa shape index (κ3) is 2.75. The highest BCUT2D eigenvalue weighted by Gasteiger charge is 2.10. The van der Waals surface area contributed by atoms with Gasteiger partial charge in [-0.1, -0.05) is 12.1 Å². The van der Waals surface area contributed by atoms with Crippen LogP contribution in [0.3, 0.4) is 0 Å². The summed E-state index contributed by atoms with van der Waals surface area (Å²) in [6.07, 6.45) is 1.36. The summed E-state index contributed by atoms with van der Waals surface area (Å²) in [6.45, 7) is 0. The summed E-state index contributed by atoms with van der Waals surface area (Å²) in [6, 6.07) is 6.87. The minimum atomic E-state index is -0.780. The summed E-state index contributed by atoms with van der Waals surface area (Å²) < 4.78 is 10.3. The van der Waals surface area contributed by atoms with Gasteiger partial charge in [-0.2, -0.15) is 5.26 Å². The lowest BCUT2D eigenvalue weighted by atomic mass is 10.1. The van der Waals surface area contributed by atoms with E-state index in [0.717, 1.165) is 0 Å². The number of ether oxygens (including phenoxy) is 2. The van der Waals surface area contributed by atoms with E-state index < -0.39 is 5.91 Å². The van der Waals surface area contributed by atoms with Crippen molar-refractivity contribution in [3.05, 3.63) is 29.3 Å². The molecule has 0 fully saturated rings. The van der Waals surface area contributed by atoms with Crippen LogP contribution in [0.2, 0.25) is 0 Å². The minimum absolute atomic E-state index is 0.142. The molecule has 0 saturated carbocycles. The second-order valence-electron chi connectivity index (χ2n) is 3.12. The van der Waals surface area contributed by atoms with Crippen molar-refractivity contribution in [1.29, 1.82) is 5.26 Å². The van der Waals surface area contributed by atoms with E-state index in [-0.39, 0.29) is 5.57 Å². The quantitative estimate of drug-likeness (QED) is 0.622. The number of hydrogen-bond donors (Lipinski definition) is 1. The predicted octanol–water partition coefficient (Wildman–Crippen LogP) is 1.10. The Morgan fingerprint density at radius 2 is 2.12 bits per heavy atom. The van der Waals surface area contributed by atoms with Crippen molar-refractivity contribution in [1.82, 2.24) is 0 Å². The van der Waals surface area contributed by atoms with E-state index >= 15 is 0 Å². The molecule has 88 valence electrons. The third-order valence-corrected chi connectivity index (χ3v) is 2.12. The van der Waals surface area contributed by atoms with Gasteiger partial charge in [-0.25, -0.2) is 0 Å². The highest BCUT2D eigenvalue weighted by molar-refractivity contribution is 6.00. The number of nitrogens with zero attached hydrogens (tertiary/aromatic N) is 1. The van der Waals surface area contributed by atoms with Gasteiger partial charge in [-0.3, -0.25) is 4.79 Å². The van der Waals surface area contributed by atoms with Crippen molar-refractivity contribution in [3.63, 3.8) is 0 Å². The molecule has 0 atom stereocenters. The smallest absolute Gasteiger partial charge is 0.259 e. The molecule has 1 rings (SSSR count). The number of rotatable bonds is 4. The number of carbonyl (C=O) groups excluding carboxylic acids is 1. The zero-order valence-electron chi connectivity index (χ0n) is 9.56. The number of primary amides is 1. The molecule has 0 radical (unpaired) electrons. The van der Waals surface area contributed by atoms with Gasteiger partial charge in [-0.05, 0) is 12.1 Å². The summed E-state index contributed by atoms with van der Waals surface area (Å²) in [5, 5.41) is 8.76. The predicted molar refractivity (Wildman–Crippen MR) is 62.3 cm³/mol. The molecule has 0 spiro atoms. The molecule has 0 aliphatic rings. The van der Waals surface area contributed by atoms with Crippen LogP contribution in [-0.2, 0) is 4.79 Å². The Labute approximate surface area is 99.1 Å². The van der Waals surface area contributed by atoms with Crippen LogP contribution < -0.4 is 15.2 Å². The van der Waals surface area contributed by atoms with Gasteiger partial charge < -0.3 is 15.2 Å². The van der Waals surface area contributed by atoms with Crippen LogP contribution in [0.25, 0.3) is 6.08 Å². The molecular formula is C12H12N2O3. The molecule has 0 unspecified atom stereocenters. The Bertz CT molecular complexity index is 501. The number of carbonyl (C=O) groups is 1. The van der Waals surface area contributed by atoms with Crippen LogP contribution >= 0.6 is 0 Å². The van der Waals surface area contributed by atoms with Crippen LogP contribution in [-0.4, -0.2) is 20.1 Å². The van der Waals surface area contributed by atoms with Gasteiger partial charge in [0.2, 0.25) is 0 Å². The molecule has 2 N–H and O–H groups in total. The standard InChI is InChI=1S/C12H12N2O3/c1-16-10-5-3-4-8(11(10)17-2)6-9(7-13)12(14)15/h3-6H,1-2H3,(H2,14,15)/b9-6+. The first-order chi connectivity index (χ1) is 8.13. The maximum Gasteiger partial charge on any atom is 0.259 e. The molecule has 0 aromatic heterocycles. The van der Waals surface area contributed by atoms with Crippen LogP contribution in [0, 0.1) is 11.3 Å². The summed E-state index contributed by atoms with van der Waals surface area (Å²) >= 11 is 0. The maximum absolute atomic E-state index is 10.9. The number of methoxy groups -OCH3 is 2. The zero-order chi connectivity index (χ0) is 12.8. The van der Waals surface area contributed by atoms with Crippen molar-refractivity contribution in [3.8, 4) is 17.6 Å². The van der Waals surface area contributed by atoms with E-state index in [1.165, 1.54) is 20.3 Å². The van der Waals surface area contributed by atoms with Gasteiger partial charge >= 0.3 is 0 Å². The van der Waals surface area contributed by atoms with Gasteiger partial charge in [0.25, 0.3) is 5.91 Å². The van der Waals surface area contributed by atoms with Crippen molar-refractivity contribution in [2.75, 3.05) is 14.2 Å². The zero-order valence-corrected chi connectivity index (χ0v) is 9.56. The topological polar surface area (TPSA) is 85.3 Å². The van der Waals surface area contributed by atoms with Gasteiger partial charge in [-0.15, -0.1) is 0 Å². The molecule has 0 aliphatic carbocycles. The van der Waals surface area contributed by atoms with Crippen molar-refractivity contribution < 1.29 is 14.3 Å². The Hall–Kier alpha value is -2.48. The third-order valence-electron chi connectivity index (χ3n) is 2.12. The Morgan fingerprint density at radius 3 is 2.59 bits per heavy atom. The highest BCUT2D eigenvalue weighted by atomic mass is 16.5. The molecular weight excluding hydrogens is 220 g/mol. The first-order valence-corrected chi connectivity index (χ1v) is 4.76. The number of benzene rings is 1. The second-order valence-corrected chi connectivity index (χ2v) is 3.12. The average molecular weight is 232 g/mol. The van der Waals surface area contributed by atoms with E-state index in [0.29, 0.717) is 17.1 Å². The molecule has 5 heteroatoms. The average Bonchev–Trinajstić information content (AvgIpc) is 2.34. The Morgan fingerprint density at radius 1 is 1.41 bits per heavy atom. The first kappa shape index (κ1) is 12.6. The normalized spacial score (nSPS) is 10.5.